The molecule has 2 aromatic rings. The highest BCUT2D eigenvalue weighted by atomic mass is 16.2. The largest absolute Gasteiger partial charge is 0.351 e. The second-order valence-corrected chi connectivity index (χ2v) is 6.58. The van der Waals surface area contributed by atoms with Gasteiger partial charge in [-0.05, 0) is 37.5 Å². The number of carbonyl (C=O) groups is 2. The van der Waals surface area contributed by atoms with Crippen molar-refractivity contribution in [1.29, 1.82) is 0 Å². The van der Waals surface area contributed by atoms with E-state index in [0.29, 0.717) is 18.8 Å². The van der Waals surface area contributed by atoms with Crippen LogP contribution in [-0.4, -0.2) is 40.5 Å². The Kier molecular flexibility index (Phi) is 5.07. The summed E-state index contributed by atoms with van der Waals surface area (Å²) in [5.41, 5.74) is 7.17. The molecular formula is C19H24N4O2. The Labute approximate surface area is 147 Å². The van der Waals surface area contributed by atoms with Gasteiger partial charge in [-0.25, -0.2) is 4.79 Å². The zero-order valence-corrected chi connectivity index (χ0v) is 14.4. The average molecular weight is 340 g/mol. The minimum absolute atomic E-state index is 0.0484. The van der Waals surface area contributed by atoms with Gasteiger partial charge in [-0.2, -0.15) is 0 Å². The standard InChI is InChI=1S/C19H24N4O2/c1-14(12-15-6-3-2-4-7-15)23-10-5-8-17(23)18(24)21-16-9-11-22(13-16)19(20)25/h2-8,10,14,16H,9,11-13H2,1H3,(H2,20,25)(H,21,24)/t14-,16+/m0/s1. The third-order valence-electron chi connectivity index (χ3n) is 4.70. The van der Waals surface area contributed by atoms with Gasteiger partial charge in [0.05, 0.1) is 0 Å². The lowest BCUT2D eigenvalue weighted by atomic mass is 10.1. The van der Waals surface area contributed by atoms with Crippen molar-refractivity contribution in [2.24, 2.45) is 5.73 Å². The van der Waals surface area contributed by atoms with Crippen LogP contribution in [0.4, 0.5) is 4.79 Å². The van der Waals surface area contributed by atoms with E-state index in [1.165, 1.54) is 5.56 Å². The predicted molar refractivity (Wildman–Crippen MR) is 96.3 cm³/mol. The number of urea groups is 1. The van der Waals surface area contributed by atoms with Crippen LogP contribution in [-0.2, 0) is 6.42 Å². The summed E-state index contributed by atoms with van der Waals surface area (Å²) in [5, 5.41) is 3.02. The molecule has 1 aliphatic heterocycles. The number of amides is 3. The number of hydrogen-bond acceptors (Lipinski definition) is 2. The molecule has 132 valence electrons. The van der Waals surface area contributed by atoms with Crippen LogP contribution in [0.2, 0.25) is 0 Å². The van der Waals surface area contributed by atoms with E-state index < -0.39 is 6.03 Å². The predicted octanol–water partition coefficient (Wildman–Crippen LogP) is 2.17. The van der Waals surface area contributed by atoms with E-state index in [2.05, 4.69) is 24.4 Å². The van der Waals surface area contributed by atoms with Crippen molar-refractivity contribution in [3.05, 3.63) is 59.9 Å². The highest BCUT2D eigenvalue weighted by molar-refractivity contribution is 5.93. The van der Waals surface area contributed by atoms with Gasteiger partial charge in [0.25, 0.3) is 5.91 Å². The van der Waals surface area contributed by atoms with Crippen LogP contribution in [0.15, 0.2) is 48.7 Å². The van der Waals surface area contributed by atoms with Crippen molar-refractivity contribution >= 4 is 11.9 Å². The minimum Gasteiger partial charge on any atom is -0.351 e. The summed E-state index contributed by atoms with van der Waals surface area (Å²) in [6, 6.07) is 13.6. The summed E-state index contributed by atoms with van der Waals surface area (Å²) in [4.78, 5) is 25.4. The summed E-state index contributed by atoms with van der Waals surface area (Å²) in [6.45, 7) is 3.17. The fourth-order valence-corrected chi connectivity index (χ4v) is 3.36. The maximum absolute atomic E-state index is 12.6. The lowest BCUT2D eigenvalue weighted by Gasteiger charge is -2.19. The topological polar surface area (TPSA) is 80.4 Å². The van der Waals surface area contributed by atoms with E-state index in [9.17, 15) is 9.59 Å². The van der Waals surface area contributed by atoms with E-state index in [-0.39, 0.29) is 18.0 Å². The molecule has 1 fully saturated rings. The number of nitrogens with one attached hydrogen (secondary N) is 1. The number of primary amides is 1. The third-order valence-corrected chi connectivity index (χ3v) is 4.70. The molecule has 6 nitrogen and oxygen atoms in total. The van der Waals surface area contributed by atoms with E-state index in [1.807, 2.05) is 41.1 Å². The fraction of sp³-hybridized carbons (Fsp3) is 0.368. The summed E-state index contributed by atoms with van der Waals surface area (Å²) in [7, 11) is 0. The molecule has 0 aliphatic carbocycles. The van der Waals surface area contributed by atoms with Crippen LogP contribution < -0.4 is 11.1 Å². The molecule has 1 aromatic heterocycles. The van der Waals surface area contributed by atoms with Crippen LogP contribution in [0.5, 0.6) is 0 Å². The molecule has 25 heavy (non-hydrogen) atoms. The zero-order valence-electron chi connectivity index (χ0n) is 14.4. The Morgan fingerprint density at radius 3 is 2.68 bits per heavy atom. The first-order valence-corrected chi connectivity index (χ1v) is 8.60. The Bertz CT molecular complexity index is 741. The van der Waals surface area contributed by atoms with Gasteiger partial charge < -0.3 is 20.5 Å². The van der Waals surface area contributed by atoms with Crippen molar-refractivity contribution in [2.45, 2.75) is 31.8 Å². The quantitative estimate of drug-likeness (QED) is 0.875. The van der Waals surface area contributed by atoms with E-state index in [0.717, 1.165) is 12.8 Å². The number of rotatable bonds is 5. The van der Waals surface area contributed by atoms with Crippen LogP contribution >= 0.6 is 0 Å². The first-order chi connectivity index (χ1) is 12.0. The lowest BCUT2D eigenvalue weighted by Crippen LogP contribution is -2.40. The number of nitrogens with zero attached hydrogens (tertiary/aromatic N) is 2. The molecule has 0 bridgehead atoms. The Morgan fingerprint density at radius 1 is 1.24 bits per heavy atom. The summed E-state index contributed by atoms with van der Waals surface area (Å²) < 4.78 is 2.00. The molecule has 1 saturated heterocycles. The number of nitrogens with two attached hydrogens (primary N) is 1. The molecule has 0 unspecified atom stereocenters. The van der Waals surface area contributed by atoms with E-state index >= 15 is 0 Å². The van der Waals surface area contributed by atoms with Gasteiger partial charge in [-0.15, -0.1) is 0 Å². The first kappa shape index (κ1) is 17.1. The molecule has 0 spiro atoms. The van der Waals surface area contributed by atoms with Gasteiger partial charge in [0.2, 0.25) is 0 Å². The molecule has 1 aromatic carbocycles. The first-order valence-electron chi connectivity index (χ1n) is 8.60. The molecule has 2 atom stereocenters. The van der Waals surface area contributed by atoms with Crippen molar-refractivity contribution in [3.8, 4) is 0 Å². The van der Waals surface area contributed by atoms with E-state index in [1.54, 1.807) is 4.90 Å². The maximum atomic E-state index is 12.6. The van der Waals surface area contributed by atoms with Gasteiger partial charge >= 0.3 is 6.03 Å². The maximum Gasteiger partial charge on any atom is 0.314 e. The monoisotopic (exact) mass is 340 g/mol. The van der Waals surface area contributed by atoms with Gasteiger partial charge in [-0.1, -0.05) is 30.3 Å². The number of aromatic nitrogens is 1. The molecule has 2 heterocycles. The number of carbonyl (C=O) groups excluding carboxylic acids is 2. The molecular weight excluding hydrogens is 316 g/mol. The van der Waals surface area contributed by atoms with Crippen molar-refractivity contribution in [2.75, 3.05) is 13.1 Å². The molecule has 3 rings (SSSR count). The van der Waals surface area contributed by atoms with Crippen LogP contribution in [0.25, 0.3) is 0 Å². The molecule has 6 heteroatoms. The SMILES string of the molecule is C[C@@H](Cc1ccccc1)n1cccc1C(=O)N[C@@H]1CCN(C(N)=O)C1. The number of benzene rings is 1. The van der Waals surface area contributed by atoms with Crippen LogP contribution in [0.1, 0.15) is 35.4 Å². The molecule has 0 radical (unpaired) electrons. The van der Waals surface area contributed by atoms with Crippen molar-refractivity contribution in [1.82, 2.24) is 14.8 Å². The van der Waals surface area contributed by atoms with Gasteiger partial charge in [0, 0.05) is 31.4 Å². The molecule has 0 saturated carbocycles. The molecule has 3 N–H and O–H groups in total. The van der Waals surface area contributed by atoms with Crippen molar-refractivity contribution < 1.29 is 9.59 Å². The van der Waals surface area contributed by atoms with Crippen LogP contribution in [0.3, 0.4) is 0 Å². The van der Waals surface area contributed by atoms with Gasteiger partial charge in [0.15, 0.2) is 0 Å². The molecule has 1 aliphatic rings. The average Bonchev–Trinajstić information content (AvgIpc) is 3.25. The smallest absolute Gasteiger partial charge is 0.314 e. The number of hydrogen-bond donors (Lipinski definition) is 2. The third kappa shape index (κ3) is 4.02. The normalized spacial score (nSPS) is 18.1. The minimum atomic E-state index is -0.434. The summed E-state index contributed by atoms with van der Waals surface area (Å²) in [5.74, 6) is -0.110. The zero-order chi connectivity index (χ0) is 17.8. The molecule has 3 amide bonds. The highest BCUT2D eigenvalue weighted by Crippen LogP contribution is 2.18. The highest BCUT2D eigenvalue weighted by Gasteiger charge is 2.27. The Morgan fingerprint density at radius 2 is 2.00 bits per heavy atom. The second kappa shape index (κ2) is 7.42. The summed E-state index contributed by atoms with van der Waals surface area (Å²) in [6.07, 6.45) is 3.52. The lowest BCUT2D eigenvalue weighted by molar-refractivity contribution is 0.0926. The Balaban J connectivity index is 1.64. The van der Waals surface area contributed by atoms with Gasteiger partial charge in [0.1, 0.15) is 5.69 Å². The number of likely N-dealkylation sites (tertiary alicyclic amines) is 1. The summed E-state index contributed by atoms with van der Waals surface area (Å²) >= 11 is 0. The second-order valence-electron chi connectivity index (χ2n) is 6.58. The van der Waals surface area contributed by atoms with Crippen LogP contribution in [0, 0.1) is 0 Å². The van der Waals surface area contributed by atoms with E-state index in [4.69, 9.17) is 5.73 Å². The fourth-order valence-electron chi connectivity index (χ4n) is 3.36. The van der Waals surface area contributed by atoms with Gasteiger partial charge in [-0.3, -0.25) is 4.79 Å². The van der Waals surface area contributed by atoms with Crippen molar-refractivity contribution in [3.63, 3.8) is 0 Å². The Hall–Kier alpha value is -2.76.